The van der Waals surface area contributed by atoms with Gasteiger partial charge in [0.05, 0.1) is 5.69 Å². The van der Waals surface area contributed by atoms with Gasteiger partial charge < -0.3 is 5.32 Å². The minimum absolute atomic E-state index is 0.0805. The van der Waals surface area contributed by atoms with Gasteiger partial charge in [-0.3, -0.25) is 0 Å². The molecule has 19 heavy (non-hydrogen) atoms. The second-order valence-electron chi connectivity index (χ2n) is 5.72. The Bertz CT molecular complexity index is 552. The van der Waals surface area contributed by atoms with Crippen molar-refractivity contribution in [3.63, 3.8) is 0 Å². The Morgan fingerprint density at radius 1 is 1.32 bits per heavy atom. The topological polar surface area (TPSA) is 42.2 Å². The molecule has 1 N–H and O–H groups in total. The summed E-state index contributed by atoms with van der Waals surface area (Å²) in [5, 5.41) is 8.17. The minimum atomic E-state index is 0.0805. The van der Waals surface area contributed by atoms with E-state index in [9.17, 15) is 0 Å². The summed E-state index contributed by atoms with van der Waals surface area (Å²) < 4.78 is 1.91. The Morgan fingerprint density at radius 3 is 2.58 bits per heavy atom. The summed E-state index contributed by atoms with van der Waals surface area (Å²) in [5.74, 6) is 1.35. The molecule has 4 nitrogen and oxygen atoms in total. The highest BCUT2D eigenvalue weighted by molar-refractivity contribution is 5.68. The van der Waals surface area contributed by atoms with Gasteiger partial charge in [0.25, 0.3) is 0 Å². The molecule has 2 aromatic heterocycles. The smallest absolute Gasteiger partial charge is 0.152 e. The average Bonchev–Trinajstić information content (AvgIpc) is 2.84. The second kappa shape index (κ2) is 5.19. The van der Waals surface area contributed by atoms with Crippen molar-refractivity contribution < 1.29 is 0 Å². The van der Waals surface area contributed by atoms with E-state index in [2.05, 4.69) is 56.1 Å². The molecular formula is C15H24N4. The first-order valence-electron chi connectivity index (χ1n) is 7.11. The molecule has 104 valence electrons. The Kier molecular flexibility index (Phi) is 3.78. The van der Waals surface area contributed by atoms with E-state index in [0.717, 1.165) is 29.9 Å². The van der Waals surface area contributed by atoms with Crippen LogP contribution in [-0.4, -0.2) is 20.1 Å². The number of aromatic nitrogens is 3. The summed E-state index contributed by atoms with van der Waals surface area (Å²) in [4.78, 5) is 4.49. The third kappa shape index (κ3) is 2.72. The van der Waals surface area contributed by atoms with E-state index in [-0.39, 0.29) is 5.54 Å². The van der Waals surface area contributed by atoms with Gasteiger partial charge in [0.15, 0.2) is 5.82 Å². The molecule has 2 aromatic rings. The molecule has 0 saturated heterocycles. The standard InChI is InChI=1S/C15H24N4/c1-6-15(5,7-2)17-14-13-10-12(11(3)4)18-19(13)9-8-16-14/h8-11H,6-7H2,1-5H3,(H,16,17). The van der Waals surface area contributed by atoms with E-state index >= 15 is 0 Å². The minimum Gasteiger partial charge on any atom is -0.363 e. The van der Waals surface area contributed by atoms with Gasteiger partial charge >= 0.3 is 0 Å². The van der Waals surface area contributed by atoms with Crippen LogP contribution in [0.2, 0.25) is 0 Å². The quantitative estimate of drug-likeness (QED) is 0.888. The third-order valence-corrected chi connectivity index (χ3v) is 3.98. The van der Waals surface area contributed by atoms with Crippen LogP contribution in [0.3, 0.4) is 0 Å². The van der Waals surface area contributed by atoms with Crippen molar-refractivity contribution in [1.82, 2.24) is 14.6 Å². The van der Waals surface area contributed by atoms with E-state index in [1.807, 2.05) is 10.7 Å². The number of hydrogen-bond donors (Lipinski definition) is 1. The molecular weight excluding hydrogens is 236 g/mol. The largest absolute Gasteiger partial charge is 0.363 e. The maximum atomic E-state index is 4.59. The van der Waals surface area contributed by atoms with Crippen LogP contribution >= 0.6 is 0 Å². The Labute approximate surface area is 115 Å². The average molecular weight is 260 g/mol. The number of rotatable bonds is 5. The second-order valence-corrected chi connectivity index (χ2v) is 5.72. The van der Waals surface area contributed by atoms with Gasteiger partial charge in [0, 0.05) is 17.9 Å². The lowest BCUT2D eigenvalue weighted by Gasteiger charge is -2.29. The molecule has 0 aromatic carbocycles. The van der Waals surface area contributed by atoms with Crippen LogP contribution in [0, 0.1) is 0 Å². The summed E-state index contributed by atoms with van der Waals surface area (Å²) >= 11 is 0. The molecule has 0 aliphatic heterocycles. The first-order chi connectivity index (χ1) is 8.99. The van der Waals surface area contributed by atoms with Crippen molar-refractivity contribution in [2.24, 2.45) is 0 Å². The highest BCUT2D eigenvalue weighted by atomic mass is 15.2. The maximum absolute atomic E-state index is 4.59. The summed E-state index contributed by atoms with van der Waals surface area (Å²) in [6.45, 7) is 11.0. The van der Waals surface area contributed by atoms with Crippen molar-refractivity contribution in [3.8, 4) is 0 Å². The highest BCUT2D eigenvalue weighted by Gasteiger charge is 2.21. The zero-order valence-electron chi connectivity index (χ0n) is 12.6. The van der Waals surface area contributed by atoms with Gasteiger partial charge in [0.1, 0.15) is 5.52 Å². The molecule has 0 aliphatic rings. The number of nitrogens with zero attached hydrogens (tertiary/aromatic N) is 3. The summed E-state index contributed by atoms with van der Waals surface area (Å²) in [7, 11) is 0. The molecule has 0 unspecified atom stereocenters. The Balaban J connectivity index is 2.43. The monoisotopic (exact) mass is 260 g/mol. The number of fused-ring (bicyclic) bond motifs is 1. The van der Waals surface area contributed by atoms with Crippen LogP contribution in [0.25, 0.3) is 5.52 Å². The van der Waals surface area contributed by atoms with Crippen molar-refractivity contribution in [2.75, 3.05) is 5.32 Å². The summed E-state index contributed by atoms with van der Waals surface area (Å²) in [6, 6.07) is 2.13. The molecule has 0 spiro atoms. The van der Waals surface area contributed by atoms with Crippen molar-refractivity contribution in [3.05, 3.63) is 24.2 Å². The van der Waals surface area contributed by atoms with Gasteiger partial charge in [-0.05, 0) is 31.7 Å². The molecule has 0 saturated carbocycles. The molecule has 0 fully saturated rings. The maximum Gasteiger partial charge on any atom is 0.152 e. The lowest BCUT2D eigenvalue weighted by Crippen LogP contribution is -2.33. The molecule has 0 aliphatic carbocycles. The molecule has 2 rings (SSSR count). The van der Waals surface area contributed by atoms with Crippen LogP contribution in [0.4, 0.5) is 5.82 Å². The fourth-order valence-corrected chi connectivity index (χ4v) is 2.03. The fraction of sp³-hybridized carbons (Fsp3) is 0.600. The molecule has 0 atom stereocenters. The molecule has 0 radical (unpaired) electrons. The predicted molar refractivity (Wildman–Crippen MR) is 79.7 cm³/mol. The van der Waals surface area contributed by atoms with Crippen LogP contribution in [0.15, 0.2) is 18.5 Å². The van der Waals surface area contributed by atoms with Crippen molar-refractivity contribution in [1.29, 1.82) is 0 Å². The zero-order valence-corrected chi connectivity index (χ0v) is 12.6. The van der Waals surface area contributed by atoms with E-state index in [1.165, 1.54) is 0 Å². The highest BCUT2D eigenvalue weighted by Crippen LogP contribution is 2.25. The Hall–Kier alpha value is -1.58. The van der Waals surface area contributed by atoms with Crippen molar-refractivity contribution in [2.45, 2.75) is 58.9 Å². The predicted octanol–water partition coefficient (Wildman–Crippen LogP) is 3.84. The number of anilines is 1. The fourth-order valence-electron chi connectivity index (χ4n) is 2.03. The van der Waals surface area contributed by atoms with E-state index in [1.54, 1.807) is 6.20 Å². The van der Waals surface area contributed by atoms with Gasteiger partial charge in [-0.2, -0.15) is 5.10 Å². The molecule has 2 heterocycles. The summed E-state index contributed by atoms with van der Waals surface area (Å²) in [5.41, 5.74) is 2.24. The molecule has 0 bridgehead atoms. The van der Waals surface area contributed by atoms with Crippen LogP contribution in [-0.2, 0) is 0 Å². The number of nitrogens with one attached hydrogen (secondary N) is 1. The first kappa shape index (κ1) is 13.8. The third-order valence-electron chi connectivity index (χ3n) is 3.98. The zero-order chi connectivity index (χ0) is 14.0. The summed E-state index contributed by atoms with van der Waals surface area (Å²) in [6.07, 6.45) is 5.84. The normalized spacial score (nSPS) is 12.3. The molecule has 0 amide bonds. The number of hydrogen-bond acceptors (Lipinski definition) is 3. The molecule has 4 heteroatoms. The van der Waals surface area contributed by atoms with E-state index in [4.69, 9.17) is 0 Å². The van der Waals surface area contributed by atoms with Crippen LogP contribution in [0.1, 0.15) is 59.1 Å². The van der Waals surface area contributed by atoms with Crippen LogP contribution < -0.4 is 5.32 Å². The SMILES string of the molecule is CCC(C)(CC)Nc1nccn2nc(C(C)C)cc12. The first-order valence-corrected chi connectivity index (χ1v) is 7.11. The lowest BCUT2D eigenvalue weighted by molar-refractivity contribution is 0.477. The van der Waals surface area contributed by atoms with E-state index < -0.39 is 0 Å². The van der Waals surface area contributed by atoms with Gasteiger partial charge in [-0.15, -0.1) is 0 Å². The van der Waals surface area contributed by atoms with Gasteiger partial charge in [-0.25, -0.2) is 9.50 Å². The van der Waals surface area contributed by atoms with Gasteiger partial charge in [0.2, 0.25) is 0 Å². The van der Waals surface area contributed by atoms with E-state index in [0.29, 0.717) is 5.92 Å². The van der Waals surface area contributed by atoms with Crippen LogP contribution in [0.5, 0.6) is 0 Å². The lowest BCUT2D eigenvalue weighted by atomic mass is 9.95. The van der Waals surface area contributed by atoms with Gasteiger partial charge in [-0.1, -0.05) is 27.7 Å². The Morgan fingerprint density at radius 2 is 2.00 bits per heavy atom. The van der Waals surface area contributed by atoms with Crippen molar-refractivity contribution >= 4 is 11.3 Å².